The van der Waals surface area contributed by atoms with Crippen molar-refractivity contribution in [2.24, 2.45) is 5.92 Å². The third-order valence-corrected chi connectivity index (χ3v) is 3.49. The molecule has 0 amide bonds. The number of hydrogen-bond acceptors (Lipinski definition) is 2. The van der Waals surface area contributed by atoms with E-state index in [4.69, 9.17) is 5.11 Å². The van der Waals surface area contributed by atoms with Crippen molar-refractivity contribution in [3.05, 3.63) is 35.4 Å². The van der Waals surface area contributed by atoms with E-state index in [2.05, 4.69) is 20.8 Å². The molecule has 110 valence electrons. The molecule has 3 nitrogen and oxygen atoms in total. The molecule has 1 unspecified atom stereocenters. The fourth-order valence-electron chi connectivity index (χ4n) is 2.16. The van der Waals surface area contributed by atoms with Crippen LogP contribution in [-0.4, -0.2) is 16.9 Å². The van der Waals surface area contributed by atoms with E-state index in [9.17, 15) is 9.59 Å². The molecule has 0 bridgehead atoms. The fraction of sp³-hybridized carbons (Fsp3) is 0.529. The first-order valence-electron chi connectivity index (χ1n) is 7.12. The fourth-order valence-corrected chi connectivity index (χ4v) is 2.16. The van der Waals surface area contributed by atoms with Crippen LogP contribution >= 0.6 is 0 Å². The highest BCUT2D eigenvalue weighted by Gasteiger charge is 2.21. The molecular weight excluding hydrogens is 252 g/mol. The first-order valence-corrected chi connectivity index (χ1v) is 7.12. The van der Waals surface area contributed by atoms with E-state index in [-0.39, 0.29) is 17.6 Å². The van der Waals surface area contributed by atoms with Gasteiger partial charge in [0.1, 0.15) is 0 Å². The Morgan fingerprint density at radius 1 is 1.15 bits per heavy atom. The largest absolute Gasteiger partial charge is 0.481 e. The summed E-state index contributed by atoms with van der Waals surface area (Å²) in [7, 11) is 0. The Hall–Kier alpha value is -1.64. The lowest BCUT2D eigenvalue weighted by Gasteiger charge is -2.19. The molecule has 3 heteroatoms. The number of rotatable bonds is 6. The van der Waals surface area contributed by atoms with E-state index in [0.717, 1.165) is 12.0 Å². The molecule has 1 aromatic carbocycles. The van der Waals surface area contributed by atoms with Gasteiger partial charge in [0.15, 0.2) is 5.78 Å². The Bertz CT molecular complexity index is 466. The van der Waals surface area contributed by atoms with Crippen molar-refractivity contribution in [1.82, 2.24) is 0 Å². The zero-order valence-electron chi connectivity index (χ0n) is 12.8. The van der Waals surface area contributed by atoms with Crippen molar-refractivity contribution < 1.29 is 14.7 Å². The standard InChI is InChI=1S/C17H24O3/c1-5-6-13(16(19)20)11-15(18)12-7-9-14(10-8-12)17(2,3)4/h7-10,13H,5-6,11H2,1-4H3,(H,19,20). The van der Waals surface area contributed by atoms with Crippen LogP contribution in [0.25, 0.3) is 0 Å². The monoisotopic (exact) mass is 276 g/mol. The maximum Gasteiger partial charge on any atom is 0.306 e. The lowest BCUT2D eigenvalue weighted by atomic mass is 9.86. The van der Waals surface area contributed by atoms with Crippen LogP contribution in [0, 0.1) is 5.92 Å². The van der Waals surface area contributed by atoms with E-state index < -0.39 is 11.9 Å². The van der Waals surface area contributed by atoms with Crippen molar-refractivity contribution in [1.29, 1.82) is 0 Å². The molecule has 0 saturated heterocycles. The second kappa shape index (κ2) is 6.69. The normalized spacial score (nSPS) is 13.0. The van der Waals surface area contributed by atoms with Crippen LogP contribution in [-0.2, 0) is 10.2 Å². The van der Waals surface area contributed by atoms with E-state index in [1.54, 1.807) is 12.1 Å². The summed E-state index contributed by atoms with van der Waals surface area (Å²) in [5.41, 5.74) is 1.81. The minimum atomic E-state index is -0.883. The topological polar surface area (TPSA) is 54.4 Å². The summed E-state index contributed by atoms with van der Waals surface area (Å²) in [5.74, 6) is -1.55. The Balaban J connectivity index is 2.80. The van der Waals surface area contributed by atoms with Gasteiger partial charge in [-0.15, -0.1) is 0 Å². The van der Waals surface area contributed by atoms with Gasteiger partial charge in [-0.25, -0.2) is 0 Å². The third-order valence-electron chi connectivity index (χ3n) is 3.49. The molecule has 0 radical (unpaired) electrons. The minimum Gasteiger partial charge on any atom is -0.481 e. The average Bonchev–Trinajstić information content (AvgIpc) is 2.37. The van der Waals surface area contributed by atoms with E-state index in [1.165, 1.54) is 0 Å². The molecule has 1 aromatic rings. The molecule has 1 atom stereocenters. The highest BCUT2D eigenvalue weighted by Crippen LogP contribution is 2.23. The van der Waals surface area contributed by atoms with Gasteiger partial charge in [0.2, 0.25) is 0 Å². The minimum absolute atomic E-state index is 0.0490. The molecule has 0 aromatic heterocycles. The quantitative estimate of drug-likeness (QED) is 0.797. The predicted molar refractivity (Wildman–Crippen MR) is 80.1 cm³/mol. The number of carboxylic acids is 1. The lowest BCUT2D eigenvalue weighted by molar-refractivity contribution is -0.141. The SMILES string of the molecule is CCCC(CC(=O)c1ccc(C(C)(C)C)cc1)C(=O)O. The summed E-state index contributed by atoms with van der Waals surface area (Å²) >= 11 is 0. The van der Waals surface area contributed by atoms with Gasteiger partial charge in [0, 0.05) is 12.0 Å². The summed E-state index contributed by atoms with van der Waals surface area (Å²) in [5, 5.41) is 9.10. The van der Waals surface area contributed by atoms with Gasteiger partial charge in [0.25, 0.3) is 0 Å². The van der Waals surface area contributed by atoms with E-state index >= 15 is 0 Å². The Labute approximate surface area is 121 Å². The number of carbonyl (C=O) groups is 2. The van der Waals surface area contributed by atoms with Gasteiger partial charge in [0.05, 0.1) is 5.92 Å². The van der Waals surface area contributed by atoms with Crippen molar-refractivity contribution >= 4 is 11.8 Å². The highest BCUT2D eigenvalue weighted by atomic mass is 16.4. The highest BCUT2D eigenvalue weighted by molar-refractivity contribution is 5.98. The summed E-state index contributed by atoms with van der Waals surface area (Å²) in [6, 6.07) is 7.49. The summed E-state index contributed by atoms with van der Waals surface area (Å²) in [4.78, 5) is 23.2. The number of benzene rings is 1. The smallest absolute Gasteiger partial charge is 0.306 e. The third kappa shape index (κ3) is 4.48. The van der Waals surface area contributed by atoms with Crippen LogP contribution in [0.5, 0.6) is 0 Å². The van der Waals surface area contributed by atoms with Crippen LogP contribution < -0.4 is 0 Å². The van der Waals surface area contributed by atoms with E-state index in [1.807, 2.05) is 19.1 Å². The van der Waals surface area contributed by atoms with Gasteiger partial charge in [-0.1, -0.05) is 58.4 Å². The number of carbonyl (C=O) groups excluding carboxylic acids is 1. The summed E-state index contributed by atoms with van der Waals surface area (Å²) in [6.45, 7) is 8.28. The molecule has 0 aliphatic rings. The lowest BCUT2D eigenvalue weighted by Crippen LogP contribution is -2.18. The average molecular weight is 276 g/mol. The molecule has 1 N–H and O–H groups in total. The van der Waals surface area contributed by atoms with Crippen LogP contribution in [0.3, 0.4) is 0 Å². The van der Waals surface area contributed by atoms with Gasteiger partial charge in [-0.3, -0.25) is 9.59 Å². The van der Waals surface area contributed by atoms with Crippen LogP contribution in [0.2, 0.25) is 0 Å². The number of aliphatic carboxylic acids is 1. The molecule has 0 aliphatic carbocycles. The van der Waals surface area contributed by atoms with Gasteiger partial charge < -0.3 is 5.11 Å². The Morgan fingerprint density at radius 3 is 2.10 bits per heavy atom. The van der Waals surface area contributed by atoms with Gasteiger partial charge >= 0.3 is 5.97 Å². The van der Waals surface area contributed by atoms with E-state index in [0.29, 0.717) is 12.0 Å². The predicted octanol–water partition coefficient (Wildman–Crippen LogP) is 4.06. The molecule has 0 heterocycles. The zero-order valence-corrected chi connectivity index (χ0v) is 12.8. The Morgan fingerprint density at radius 2 is 1.70 bits per heavy atom. The van der Waals surface area contributed by atoms with Crippen molar-refractivity contribution in [2.75, 3.05) is 0 Å². The molecule has 0 fully saturated rings. The van der Waals surface area contributed by atoms with Crippen LogP contribution in [0.15, 0.2) is 24.3 Å². The van der Waals surface area contributed by atoms with Crippen molar-refractivity contribution in [3.8, 4) is 0 Å². The van der Waals surface area contributed by atoms with Crippen molar-refractivity contribution in [2.45, 2.75) is 52.4 Å². The number of Topliss-reactive ketones (excluding diaryl/α,β-unsaturated/α-hetero) is 1. The Kier molecular flexibility index (Phi) is 5.49. The molecule has 20 heavy (non-hydrogen) atoms. The molecule has 1 rings (SSSR count). The van der Waals surface area contributed by atoms with Gasteiger partial charge in [-0.05, 0) is 17.4 Å². The van der Waals surface area contributed by atoms with Crippen LogP contribution in [0.1, 0.15) is 62.9 Å². The maximum atomic E-state index is 12.1. The second-order valence-electron chi connectivity index (χ2n) is 6.28. The second-order valence-corrected chi connectivity index (χ2v) is 6.28. The maximum absolute atomic E-state index is 12.1. The summed E-state index contributed by atoms with van der Waals surface area (Å²) < 4.78 is 0. The van der Waals surface area contributed by atoms with Crippen LogP contribution in [0.4, 0.5) is 0 Å². The molecule has 0 spiro atoms. The van der Waals surface area contributed by atoms with Crippen molar-refractivity contribution in [3.63, 3.8) is 0 Å². The first-order chi connectivity index (χ1) is 9.25. The summed E-state index contributed by atoms with van der Waals surface area (Å²) in [6.07, 6.45) is 1.40. The molecule has 0 saturated carbocycles. The zero-order chi connectivity index (χ0) is 15.3. The first kappa shape index (κ1) is 16.4. The number of ketones is 1. The number of hydrogen-bond donors (Lipinski definition) is 1. The van der Waals surface area contributed by atoms with Gasteiger partial charge in [-0.2, -0.15) is 0 Å². The molecular formula is C17H24O3. The molecule has 0 aliphatic heterocycles. The number of carboxylic acid groups (broad SMARTS) is 1.